The number of nitrogens with zero attached hydrogens (tertiary/aromatic N) is 3. The summed E-state index contributed by atoms with van der Waals surface area (Å²) in [6.45, 7) is 3.05. The van der Waals surface area contributed by atoms with Crippen molar-refractivity contribution in [2.24, 2.45) is 0 Å². The largest absolute Gasteiger partial charge is 0.360 e. The summed E-state index contributed by atoms with van der Waals surface area (Å²) in [5.74, 6) is -1.40. The number of aryl methyl sites for hydroxylation is 2. The molecule has 0 unspecified atom stereocenters. The number of nitrogens with one attached hydrogen (secondary N) is 1. The van der Waals surface area contributed by atoms with Crippen molar-refractivity contribution in [2.75, 3.05) is 33.2 Å². The first-order chi connectivity index (χ1) is 14.0. The summed E-state index contributed by atoms with van der Waals surface area (Å²) >= 11 is 0. The molecular formula is C17H21FN4O6S2. The molecule has 0 aliphatic carbocycles. The third-order valence-electron chi connectivity index (χ3n) is 4.84. The van der Waals surface area contributed by atoms with Crippen LogP contribution in [0.1, 0.15) is 21.8 Å². The van der Waals surface area contributed by atoms with Crippen LogP contribution in [-0.4, -0.2) is 70.3 Å². The number of carbonyl (C=O) groups excluding carboxylic acids is 1. The lowest BCUT2D eigenvalue weighted by Crippen LogP contribution is -2.50. The molecule has 10 nitrogen and oxygen atoms in total. The van der Waals surface area contributed by atoms with Gasteiger partial charge in [0, 0.05) is 26.2 Å². The second kappa shape index (κ2) is 8.06. The van der Waals surface area contributed by atoms with Crippen LogP contribution in [0, 0.1) is 19.7 Å². The Kier molecular flexibility index (Phi) is 6.00. The van der Waals surface area contributed by atoms with Gasteiger partial charge in [0.25, 0.3) is 5.91 Å². The summed E-state index contributed by atoms with van der Waals surface area (Å²) in [7, 11) is -6.50. The van der Waals surface area contributed by atoms with Crippen molar-refractivity contribution in [1.82, 2.24) is 19.1 Å². The Labute approximate surface area is 173 Å². The highest BCUT2D eigenvalue weighted by Crippen LogP contribution is 2.25. The number of amides is 1. The molecule has 164 valence electrons. The Hall–Kier alpha value is -2.35. The maximum atomic E-state index is 14.2. The van der Waals surface area contributed by atoms with Gasteiger partial charge in [0.15, 0.2) is 5.76 Å². The molecule has 0 atom stereocenters. The number of piperazine rings is 1. The molecule has 0 bridgehead atoms. The van der Waals surface area contributed by atoms with Gasteiger partial charge in [-0.2, -0.15) is 4.31 Å². The number of sulfonamides is 2. The van der Waals surface area contributed by atoms with Crippen LogP contribution in [0.5, 0.6) is 0 Å². The fourth-order valence-corrected chi connectivity index (χ4v) is 5.70. The molecule has 0 spiro atoms. The SMILES string of the molecule is CNS(=O)(=O)c1ccc(F)c(C(=O)N2CCN(S(=O)(=O)c3c(C)noc3C)CC2)c1. The van der Waals surface area contributed by atoms with E-state index in [1.54, 1.807) is 0 Å². The maximum absolute atomic E-state index is 14.2. The molecule has 1 aliphatic heterocycles. The molecule has 1 aliphatic rings. The molecule has 30 heavy (non-hydrogen) atoms. The predicted octanol–water partition coefficient (Wildman–Crippen LogP) is 0.485. The lowest BCUT2D eigenvalue weighted by Gasteiger charge is -2.34. The minimum atomic E-state index is -3.85. The molecule has 0 radical (unpaired) electrons. The number of rotatable bonds is 5. The van der Waals surface area contributed by atoms with E-state index in [4.69, 9.17) is 4.52 Å². The van der Waals surface area contributed by atoms with E-state index in [9.17, 15) is 26.0 Å². The first kappa shape index (κ1) is 22.3. The zero-order valence-electron chi connectivity index (χ0n) is 16.5. The van der Waals surface area contributed by atoms with Crippen LogP contribution < -0.4 is 4.72 Å². The summed E-state index contributed by atoms with van der Waals surface area (Å²) in [4.78, 5) is 13.8. The predicted molar refractivity (Wildman–Crippen MR) is 103 cm³/mol. The number of aromatic nitrogens is 1. The average Bonchev–Trinajstić information content (AvgIpc) is 3.06. The van der Waals surface area contributed by atoms with E-state index in [0.717, 1.165) is 18.2 Å². The summed E-state index contributed by atoms with van der Waals surface area (Å²) in [6.07, 6.45) is 0. The average molecular weight is 461 g/mol. The minimum Gasteiger partial charge on any atom is -0.360 e. The van der Waals surface area contributed by atoms with E-state index in [0.29, 0.717) is 0 Å². The molecule has 1 aromatic heterocycles. The molecule has 1 aromatic carbocycles. The van der Waals surface area contributed by atoms with Gasteiger partial charge in [-0.05, 0) is 39.1 Å². The molecule has 0 saturated carbocycles. The van der Waals surface area contributed by atoms with Crippen molar-refractivity contribution in [2.45, 2.75) is 23.6 Å². The molecule has 1 fully saturated rings. The van der Waals surface area contributed by atoms with Crippen LogP contribution in [0.4, 0.5) is 4.39 Å². The summed E-state index contributed by atoms with van der Waals surface area (Å²) < 4.78 is 72.1. The smallest absolute Gasteiger partial charge is 0.256 e. The molecule has 1 saturated heterocycles. The topological polar surface area (TPSA) is 130 Å². The van der Waals surface area contributed by atoms with Crippen molar-refractivity contribution in [1.29, 1.82) is 0 Å². The van der Waals surface area contributed by atoms with Crippen LogP contribution in [0.25, 0.3) is 0 Å². The number of benzene rings is 1. The quantitative estimate of drug-likeness (QED) is 0.687. The van der Waals surface area contributed by atoms with Gasteiger partial charge in [0.05, 0.1) is 10.5 Å². The second-order valence-electron chi connectivity index (χ2n) is 6.70. The van der Waals surface area contributed by atoms with Gasteiger partial charge < -0.3 is 9.42 Å². The monoisotopic (exact) mass is 460 g/mol. The van der Waals surface area contributed by atoms with E-state index in [2.05, 4.69) is 9.88 Å². The van der Waals surface area contributed by atoms with Gasteiger partial charge in [-0.25, -0.2) is 25.9 Å². The summed E-state index contributed by atoms with van der Waals surface area (Å²) in [5, 5.41) is 3.66. The molecule has 1 amide bonds. The van der Waals surface area contributed by atoms with E-state index >= 15 is 0 Å². The molecule has 13 heteroatoms. The van der Waals surface area contributed by atoms with Gasteiger partial charge in [-0.3, -0.25) is 4.79 Å². The Balaban J connectivity index is 1.79. The Morgan fingerprint density at radius 3 is 2.30 bits per heavy atom. The summed E-state index contributed by atoms with van der Waals surface area (Å²) in [6, 6.07) is 2.94. The fraction of sp³-hybridized carbons (Fsp3) is 0.412. The maximum Gasteiger partial charge on any atom is 0.256 e. The van der Waals surface area contributed by atoms with Crippen molar-refractivity contribution in [3.63, 3.8) is 0 Å². The highest BCUT2D eigenvalue weighted by Gasteiger charge is 2.35. The third kappa shape index (κ3) is 3.97. The standard InChI is InChI=1S/C17H21FN4O6S2/c1-11-16(12(2)28-20-11)30(26,27)22-8-6-21(7-9-22)17(23)14-10-13(4-5-15(14)18)29(24,25)19-3/h4-5,10,19H,6-9H2,1-3H3. The van der Waals surface area contributed by atoms with Gasteiger partial charge >= 0.3 is 0 Å². The highest BCUT2D eigenvalue weighted by atomic mass is 32.2. The molecule has 3 rings (SSSR count). The first-order valence-corrected chi connectivity index (χ1v) is 11.9. The third-order valence-corrected chi connectivity index (χ3v) is 8.39. The lowest BCUT2D eigenvalue weighted by atomic mass is 10.1. The first-order valence-electron chi connectivity index (χ1n) is 8.94. The minimum absolute atomic E-state index is 0.00158. The highest BCUT2D eigenvalue weighted by molar-refractivity contribution is 7.89. The number of hydrogen-bond acceptors (Lipinski definition) is 7. The zero-order chi connectivity index (χ0) is 22.3. The Bertz CT molecular complexity index is 1170. The van der Waals surface area contributed by atoms with Crippen LogP contribution in [-0.2, 0) is 20.0 Å². The van der Waals surface area contributed by atoms with Gasteiger partial charge in [0.2, 0.25) is 20.0 Å². The second-order valence-corrected chi connectivity index (χ2v) is 10.5. The molecule has 1 N–H and O–H groups in total. The Morgan fingerprint density at radius 2 is 1.77 bits per heavy atom. The van der Waals surface area contributed by atoms with Crippen molar-refractivity contribution >= 4 is 26.0 Å². The van der Waals surface area contributed by atoms with Crippen LogP contribution >= 0.6 is 0 Å². The van der Waals surface area contributed by atoms with E-state index in [1.807, 2.05) is 0 Å². The molecule has 2 aromatic rings. The number of halogens is 1. The van der Waals surface area contributed by atoms with Gasteiger partial charge in [-0.1, -0.05) is 5.16 Å². The molecule has 2 heterocycles. The molecular weight excluding hydrogens is 439 g/mol. The van der Waals surface area contributed by atoms with Crippen LogP contribution in [0.2, 0.25) is 0 Å². The van der Waals surface area contributed by atoms with Gasteiger partial charge in [-0.15, -0.1) is 0 Å². The van der Waals surface area contributed by atoms with E-state index in [-0.39, 0.29) is 47.4 Å². The summed E-state index contributed by atoms with van der Waals surface area (Å²) in [5.41, 5.74) is -0.149. The van der Waals surface area contributed by atoms with Crippen LogP contribution in [0.15, 0.2) is 32.5 Å². The van der Waals surface area contributed by atoms with E-state index in [1.165, 1.54) is 30.1 Å². The van der Waals surface area contributed by atoms with E-state index < -0.39 is 37.3 Å². The van der Waals surface area contributed by atoms with Crippen LogP contribution in [0.3, 0.4) is 0 Å². The van der Waals surface area contributed by atoms with Crippen molar-refractivity contribution in [3.05, 3.63) is 41.0 Å². The van der Waals surface area contributed by atoms with Gasteiger partial charge in [0.1, 0.15) is 16.4 Å². The number of carbonyl (C=O) groups is 1. The Morgan fingerprint density at radius 1 is 1.13 bits per heavy atom. The van der Waals surface area contributed by atoms with Crippen molar-refractivity contribution < 1.29 is 30.5 Å². The number of hydrogen-bond donors (Lipinski definition) is 1. The fourth-order valence-electron chi connectivity index (χ4n) is 3.23. The zero-order valence-corrected chi connectivity index (χ0v) is 18.2. The lowest BCUT2D eigenvalue weighted by molar-refractivity contribution is 0.0692. The normalized spacial score (nSPS) is 16.1. The van der Waals surface area contributed by atoms with Crippen molar-refractivity contribution in [3.8, 4) is 0 Å².